The lowest BCUT2D eigenvalue weighted by molar-refractivity contribution is -0.157. The van der Waals surface area contributed by atoms with Crippen molar-refractivity contribution in [3.63, 3.8) is 0 Å². The van der Waals surface area contributed by atoms with E-state index in [1.165, 1.54) is 13.8 Å². The van der Waals surface area contributed by atoms with E-state index in [0.29, 0.717) is 27.7 Å². The topological polar surface area (TPSA) is 147 Å². The van der Waals surface area contributed by atoms with Crippen LogP contribution in [0.3, 0.4) is 0 Å². The summed E-state index contributed by atoms with van der Waals surface area (Å²) in [6.07, 6.45) is 5.97. The van der Waals surface area contributed by atoms with Gasteiger partial charge in [-0.1, -0.05) is 74.3 Å². The van der Waals surface area contributed by atoms with E-state index in [4.69, 9.17) is 42.1 Å². The van der Waals surface area contributed by atoms with Gasteiger partial charge in [0.1, 0.15) is 23.9 Å². The van der Waals surface area contributed by atoms with E-state index in [2.05, 4.69) is 19.2 Å². The number of hydrogen-bond donors (Lipinski definition) is 4. The zero-order chi connectivity index (χ0) is 37.4. The van der Waals surface area contributed by atoms with E-state index in [-0.39, 0.29) is 43.5 Å². The first-order chi connectivity index (χ1) is 23.4. The van der Waals surface area contributed by atoms with Crippen molar-refractivity contribution in [2.45, 2.75) is 135 Å². The van der Waals surface area contributed by atoms with Crippen molar-refractivity contribution in [1.29, 1.82) is 0 Å². The third-order valence-electron chi connectivity index (χ3n) is 9.75. The first-order valence-electron chi connectivity index (χ1n) is 17.3. The van der Waals surface area contributed by atoms with E-state index in [0.717, 1.165) is 6.42 Å². The third-order valence-corrected chi connectivity index (χ3v) is 10.5. The molecule has 1 fully saturated rings. The van der Waals surface area contributed by atoms with Gasteiger partial charge >= 0.3 is 11.9 Å². The highest BCUT2D eigenvalue weighted by molar-refractivity contribution is 6.35. The molecule has 0 amide bonds. The Morgan fingerprint density at radius 1 is 1.22 bits per heavy atom. The van der Waals surface area contributed by atoms with Gasteiger partial charge in [-0.15, -0.1) is 0 Å². The summed E-state index contributed by atoms with van der Waals surface area (Å²) >= 11 is 12.9. The first kappa shape index (κ1) is 42.1. The number of benzene rings is 1. The molecule has 2 heterocycles. The number of carbonyl (C=O) groups is 2. The molecule has 11 atom stereocenters. The van der Waals surface area contributed by atoms with Gasteiger partial charge in [0.05, 0.1) is 36.4 Å². The predicted molar refractivity (Wildman–Crippen MR) is 194 cm³/mol. The summed E-state index contributed by atoms with van der Waals surface area (Å²) in [5, 5.41) is 38.0. The van der Waals surface area contributed by atoms with Crippen LogP contribution in [0.5, 0.6) is 0 Å². The van der Waals surface area contributed by atoms with E-state index < -0.39 is 53.4 Å². The van der Waals surface area contributed by atoms with Crippen LogP contribution in [-0.4, -0.2) is 88.2 Å². The molecule has 10 nitrogen and oxygen atoms in total. The quantitative estimate of drug-likeness (QED) is 0.0839. The van der Waals surface area contributed by atoms with E-state index in [9.17, 15) is 24.9 Å². The molecule has 4 N–H and O–H groups in total. The molecule has 1 saturated heterocycles. The number of halogens is 2. The predicted octanol–water partition coefficient (Wildman–Crippen LogP) is 5.87. The zero-order valence-corrected chi connectivity index (χ0v) is 31.9. The lowest BCUT2D eigenvalue weighted by atomic mass is 9.87. The van der Waals surface area contributed by atoms with Crippen LogP contribution in [0.15, 0.2) is 54.2 Å². The Morgan fingerprint density at radius 3 is 2.48 bits per heavy atom. The number of allylic oxidation sites excluding steroid dienone is 2. The smallest absolute Gasteiger partial charge is 0.309 e. The SMILES string of the molecule is CC[C@H](OC)[C@@H](C)[C@H]1O[C@@H]1C(NCc1c(Cl)cccc1Cl)C(C)(O)/C=C/C=C(\C)[C@@H]1OC(=O)C[C@H](O)CC[C@@](C)(O)[C@@H](OC(C)=O)/C=C/[C@@H]1C. The number of aliphatic hydroxyl groups excluding tert-OH is 1. The minimum Gasteiger partial charge on any atom is -0.457 e. The molecule has 2 unspecified atom stereocenters. The average molecular weight is 741 g/mol. The van der Waals surface area contributed by atoms with Crippen molar-refractivity contribution < 1.29 is 43.9 Å². The number of ether oxygens (including phenoxy) is 4. The summed E-state index contributed by atoms with van der Waals surface area (Å²) in [6, 6.07) is 4.74. The Morgan fingerprint density at radius 2 is 1.88 bits per heavy atom. The molecule has 280 valence electrons. The molecule has 12 heteroatoms. The second-order valence-corrected chi connectivity index (χ2v) is 14.9. The van der Waals surface area contributed by atoms with Crippen LogP contribution in [-0.2, 0) is 35.1 Å². The molecule has 2 aliphatic rings. The molecule has 1 aromatic carbocycles. The van der Waals surface area contributed by atoms with Gasteiger partial charge in [0, 0.05) is 48.0 Å². The number of hydrogen-bond acceptors (Lipinski definition) is 10. The van der Waals surface area contributed by atoms with Crippen LogP contribution in [0.2, 0.25) is 10.0 Å². The maximum Gasteiger partial charge on any atom is 0.309 e. The molecule has 2 aliphatic heterocycles. The van der Waals surface area contributed by atoms with Gasteiger partial charge in [-0.25, -0.2) is 0 Å². The number of nitrogens with one attached hydrogen (secondary N) is 1. The van der Waals surface area contributed by atoms with E-state index in [1.54, 1.807) is 69.5 Å². The monoisotopic (exact) mass is 739 g/mol. The summed E-state index contributed by atoms with van der Waals surface area (Å²) in [5.74, 6) is -1.46. The van der Waals surface area contributed by atoms with Crippen LogP contribution < -0.4 is 5.32 Å². The van der Waals surface area contributed by atoms with E-state index in [1.807, 2.05) is 6.92 Å². The van der Waals surface area contributed by atoms with Crippen molar-refractivity contribution in [2.75, 3.05) is 7.11 Å². The molecule has 50 heavy (non-hydrogen) atoms. The van der Waals surface area contributed by atoms with Crippen molar-refractivity contribution in [2.24, 2.45) is 11.8 Å². The van der Waals surface area contributed by atoms with Crippen LogP contribution in [0.4, 0.5) is 0 Å². The minimum atomic E-state index is -1.47. The number of methoxy groups -OCH3 is 1. The Kier molecular flexibility index (Phi) is 15.6. The second-order valence-electron chi connectivity index (χ2n) is 14.1. The van der Waals surface area contributed by atoms with Crippen molar-refractivity contribution in [3.05, 3.63) is 69.8 Å². The molecule has 0 bridgehead atoms. The molecule has 0 spiro atoms. The second kappa shape index (κ2) is 18.5. The van der Waals surface area contributed by atoms with Crippen LogP contribution >= 0.6 is 23.2 Å². The highest BCUT2D eigenvalue weighted by atomic mass is 35.5. The fourth-order valence-electron chi connectivity index (χ4n) is 6.58. The summed E-state index contributed by atoms with van der Waals surface area (Å²) in [5.41, 5.74) is -1.51. The van der Waals surface area contributed by atoms with Gasteiger partial charge in [0.25, 0.3) is 0 Å². The fraction of sp³-hybridized carbons (Fsp3) is 0.632. The molecule has 0 aromatic heterocycles. The number of epoxide rings is 1. The number of aliphatic hydroxyl groups is 3. The molecular formula is C38H55Cl2NO9. The highest BCUT2D eigenvalue weighted by Crippen LogP contribution is 2.39. The van der Waals surface area contributed by atoms with E-state index >= 15 is 0 Å². The molecule has 0 saturated carbocycles. The Hall–Kier alpha value is -2.28. The standard InChI is InChI=1S/C38H55Cl2NO9/c1-9-30(47-8)24(4)34-35(50-34)36(41-21-27-28(39)13-10-14-29(27)40)38(7,46)18-11-12-22(2)33-23(3)15-16-31(48-25(5)42)37(6,45)19-17-26(43)20-32(44)49-33/h10-16,18,23-24,26,30-31,33-36,41,43,45-46H,9,17,19-21H2,1-8H3/b16-15+,18-11+,22-12+/t23-,24+,26+,30-,31-,33-,34+,35-,36?,37+,38?/m0/s1. The Labute approximate surface area is 306 Å². The van der Waals surface area contributed by atoms with Gasteiger partial charge in [0.15, 0.2) is 0 Å². The highest BCUT2D eigenvalue weighted by Gasteiger charge is 2.54. The number of esters is 2. The summed E-state index contributed by atoms with van der Waals surface area (Å²) in [4.78, 5) is 24.7. The van der Waals surface area contributed by atoms with Gasteiger partial charge < -0.3 is 39.6 Å². The molecular weight excluding hydrogens is 685 g/mol. The van der Waals surface area contributed by atoms with Gasteiger partial charge in [0.2, 0.25) is 0 Å². The van der Waals surface area contributed by atoms with Crippen molar-refractivity contribution >= 4 is 35.1 Å². The van der Waals surface area contributed by atoms with Crippen molar-refractivity contribution in [3.8, 4) is 0 Å². The summed E-state index contributed by atoms with van der Waals surface area (Å²) in [6.45, 7) is 12.6. The Bertz CT molecular complexity index is 1370. The van der Waals surface area contributed by atoms with Gasteiger partial charge in [-0.3, -0.25) is 9.59 Å². The van der Waals surface area contributed by atoms with Crippen LogP contribution in [0.25, 0.3) is 0 Å². The molecule has 0 aliphatic carbocycles. The summed E-state index contributed by atoms with van der Waals surface area (Å²) in [7, 11) is 1.69. The molecule has 3 rings (SSSR count). The van der Waals surface area contributed by atoms with Crippen LogP contribution in [0, 0.1) is 11.8 Å². The first-order valence-corrected chi connectivity index (χ1v) is 18.1. The maximum absolute atomic E-state index is 12.9. The molecule has 1 aromatic rings. The largest absolute Gasteiger partial charge is 0.457 e. The number of rotatable bonds is 13. The average Bonchev–Trinajstić information content (AvgIpc) is 3.82. The zero-order valence-electron chi connectivity index (χ0n) is 30.4. The summed E-state index contributed by atoms with van der Waals surface area (Å²) < 4.78 is 23.1. The van der Waals surface area contributed by atoms with Crippen molar-refractivity contribution in [1.82, 2.24) is 5.32 Å². The molecule has 0 radical (unpaired) electrons. The van der Waals surface area contributed by atoms with Gasteiger partial charge in [-0.05, 0) is 63.8 Å². The van der Waals surface area contributed by atoms with Gasteiger partial charge in [-0.2, -0.15) is 0 Å². The number of carbonyl (C=O) groups excluding carboxylic acids is 2. The number of cyclic esters (lactones) is 1. The maximum atomic E-state index is 12.9. The lowest BCUT2D eigenvalue weighted by Gasteiger charge is -2.32. The lowest BCUT2D eigenvalue weighted by Crippen LogP contribution is -2.52. The minimum absolute atomic E-state index is 0.00373. The fourth-order valence-corrected chi connectivity index (χ4v) is 7.11. The normalized spacial score (nSPS) is 31.8. The Balaban J connectivity index is 1.90. The third kappa shape index (κ3) is 11.6. The van der Waals surface area contributed by atoms with Crippen LogP contribution in [0.1, 0.15) is 79.7 Å².